The van der Waals surface area contributed by atoms with Gasteiger partial charge in [0.15, 0.2) is 0 Å². The molecule has 0 unspecified atom stereocenters. The van der Waals surface area contributed by atoms with Gasteiger partial charge in [-0.25, -0.2) is 20.0 Å². The molecule has 14 aromatic rings. The Bertz CT molecular complexity index is 4910. The van der Waals surface area contributed by atoms with E-state index in [1.54, 1.807) is 0 Å². The molecular formula is C88H58N4O4. The monoisotopic (exact) mass is 1230 g/mol. The molecule has 0 atom stereocenters. The number of para-hydroxylation sites is 4. The van der Waals surface area contributed by atoms with Crippen LogP contribution in [0.1, 0.15) is 44.5 Å². The van der Waals surface area contributed by atoms with E-state index in [9.17, 15) is 0 Å². The fourth-order valence-corrected chi connectivity index (χ4v) is 12.1. The van der Waals surface area contributed by atoms with Gasteiger partial charge in [-0.3, -0.25) is 0 Å². The molecule has 14 aromatic carbocycles. The summed E-state index contributed by atoms with van der Waals surface area (Å²) in [6.45, 7) is 0. The molecule has 0 radical (unpaired) electrons. The van der Waals surface area contributed by atoms with Crippen LogP contribution in [0, 0.1) is 0 Å². The molecule has 16 rings (SSSR count). The standard InChI is InChI=1S/C88H58N4O4/c1-3-15-59(16-4-1)61-27-43-69(44-28-61)93-73-51-35-65(36-52-73)85-77-19-7-11-23-81(77)91-87(79-21-9-13-25-83(79)89-85)67-39-55-75(56-40-67)95-71-47-31-63(32-48-71)64-33-49-72(50-34-64)96-76-57-41-68(42-58-76)88-80-22-10-14-26-84(80)90-86(78-20-8-12-24-82(78)92-88)66-37-53-74(54-38-66)94-70-45-29-62(30-46-70)60-17-5-2-6-18-60/h1-58H. The Morgan fingerprint density at radius 1 is 0.135 bits per heavy atom. The summed E-state index contributed by atoms with van der Waals surface area (Å²) in [6.07, 6.45) is 0. The van der Waals surface area contributed by atoms with Gasteiger partial charge in [0.1, 0.15) is 46.0 Å². The van der Waals surface area contributed by atoms with E-state index >= 15 is 0 Å². The van der Waals surface area contributed by atoms with E-state index in [0.29, 0.717) is 11.5 Å². The van der Waals surface area contributed by atoms with Crippen molar-refractivity contribution in [2.75, 3.05) is 0 Å². The van der Waals surface area contributed by atoms with Crippen molar-refractivity contribution in [1.82, 2.24) is 0 Å². The van der Waals surface area contributed by atoms with Crippen LogP contribution >= 0.6 is 0 Å². The Morgan fingerprint density at radius 2 is 0.292 bits per heavy atom. The van der Waals surface area contributed by atoms with Crippen LogP contribution in [0.4, 0.5) is 22.7 Å². The highest BCUT2D eigenvalue weighted by Crippen LogP contribution is 2.39. The third-order valence-corrected chi connectivity index (χ3v) is 17.0. The molecule has 8 heteroatoms. The maximum absolute atomic E-state index is 6.43. The Kier molecular flexibility index (Phi) is 15.9. The predicted octanol–water partition coefficient (Wildman–Crippen LogP) is 23.2. The van der Waals surface area contributed by atoms with Crippen molar-refractivity contribution in [3.05, 3.63) is 396 Å². The summed E-state index contributed by atoms with van der Waals surface area (Å²) in [7, 11) is 0. The van der Waals surface area contributed by atoms with Gasteiger partial charge >= 0.3 is 0 Å². The first-order valence-electron chi connectivity index (χ1n) is 31.9. The van der Waals surface area contributed by atoms with Gasteiger partial charge in [0.05, 0.1) is 45.6 Å². The minimum Gasteiger partial charge on any atom is -0.457 e. The summed E-state index contributed by atoms with van der Waals surface area (Å²) >= 11 is 0. The third kappa shape index (κ3) is 12.6. The maximum Gasteiger partial charge on any atom is 0.127 e. The van der Waals surface area contributed by atoms with Crippen LogP contribution in [0.3, 0.4) is 0 Å². The fraction of sp³-hybridized carbons (Fsp3) is 0. The van der Waals surface area contributed by atoms with Crippen molar-refractivity contribution in [2.45, 2.75) is 0 Å². The number of ether oxygens (including phenoxy) is 4. The highest BCUT2D eigenvalue weighted by atomic mass is 16.5. The van der Waals surface area contributed by atoms with Gasteiger partial charge in [-0.1, -0.05) is 182 Å². The van der Waals surface area contributed by atoms with Gasteiger partial charge in [0, 0.05) is 44.5 Å². The van der Waals surface area contributed by atoms with Gasteiger partial charge in [-0.2, -0.15) is 0 Å². The Balaban J connectivity index is 0.566. The zero-order chi connectivity index (χ0) is 64.0. The largest absolute Gasteiger partial charge is 0.457 e. The first-order chi connectivity index (χ1) is 47.5. The van der Waals surface area contributed by atoms with Gasteiger partial charge in [0.2, 0.25) is 0 Å². The second-order valence-electron chi connectivity index (χ2n) is 23.2. The van der Waals surface area contributed by atoms with Crippen LogP contribution in [0.15, 0.2) is 372 Å². The van der Waals surface area contributed by atoms with E-state index in [2.05, 4.69) is 146 Å². The zero-order valence-corrected chi connectivity index (χ0v) is 51.9. The summed E-state index contributed by atoms with van der Waals surface area (Å²) in [5.74, 6) is 5.88. The fourth-order valence-electron chi connectivity index (χ4n) is 12.1. The molecule has 0 fully saturated rings. The smallest absolute Gasteiger partial charge is 0.127 e. The van der Waals surface area contributed by atoms with Gasteiger partial charge in [-0.15, -0.1) is 0 Å². The lowest BCUT2D eigenvalue weighted by Crippen LogP contribution is -2.10. The topological polar surface area (TPSA) is 86.4 Å². The second kappa shape index (κ2) is 26.3. The maximum atomic E-state index is 6.43. The molecule has 2 aliphatic heterocycles. The molecule has 2 heterocycles. The molecule has 96 heavy (non-hydrogen) atoms. The van der Waals surface area contributed by atoms with Gasteiger partial charge in [-0.05, 0) is 203 Å². The molecule has 0 bridgehead atoms. The number of hydrogen-bond donors (Lipinski definition) is 0. The molecule has 0 aliphatic carbocycles. The molecule has 0 N–H and O–H groups in total. The minimum absolute atomic E-state index is 0.710. The summed E-state index contributed by atoms with van der Waals surface area (Å²) < 4.78 is 25.4. The lowest BCUT2D eigenvalue weighted by molar-refractivity contribution is 0.482. The molecule has 8 nitrogen and oxygen atoms in total. The highest BCUT2D eigenvalue weighted by Gasteiger charge is 2.23. The van der Waals surface area contributed by atoms with Crippen LogP contribution in [-0.2, 0) is 0 Å². The minimum atomic E-state index is 0.710. The highest BCUT2D eigenvalue weighted by molar-refractivity contribution is 6.24. The van der Waals surface area contributed by atoms with E-state index in [4.69, 9.17) is 38.9 Å². The Hall–Kier alpha value is -13.0. The average molecular weight is 1240 g/mol. The van der Waals surface area contributed by atoms with E-state index in [-0.39, 0.29) is 0 Å². The SMILES string of the molecule is c1ccc(-c2ccc(Oc3ccc(C4=Nc5ccccc5C(c5ccc(Oc6ccc(-c7ccc(Oc8ccc(C9=Nc%10ccccc%10C(c%10ccc(Oc%11ccc(-c%12ccccc%12)cc%11)cc%10)=Nc%10ccccc%109)cc8)cc7)cc6)cc5)=Nc5ccccc54)cc3)cc2)cc1. The van der Waals surface area contributed by atoms with E-state index in [0.717, 1.165) is 147 Å². The van der Waals surface area contributed by atoms with Crippen LogP contribution in [-0.4, -0.2) is 22.8 Å². The summed E-state index contributed by atoms with van der Waals surface area (Å²) in [6, 6.07) is 118. The van der Waals surface area contributed by atoms with Crippen LogP contribution < -0.4 is 18.9 Å². The van der Waals surface area contributed by atoms with Gasteiger partial charge in [0.25, 0.3) is 0 Å². The average Bonchev–Trinajstić information content (AvgIpc) is 0.786. The molecule has 0 amide bonds. The van der Waals surface area contributed by atoms with Crippen LogP contribution in [0.5, 0.6) is 46.0 Å². The zero-order valence-electron chi connectivity index (χ0n) is 51.9. The van der Waals surface area contributed by atoms with Crippen molar-refractivity contribution in [3.63, 3.8) is 0 Å². The number of aliphatic imine (C=N–C) groups is 4. The molecular weight excluding hydrogens is 1180 g/mol. The first kappa shape index (κ1) is 58.1. The third-order valence-electron chi connectivity index (χ3n) is 17.0. The van der Waals surface area contributed by atoms with Crippen molar-refractivity contribution in [3.8, 4) is 79.4 Å². The van der Waals surface area contributed by atoms with Crippen LogP contribution in [0.2, 0.25) is 0 Å². The number of fused-ring (bicyclic) bond motifs is 4. The van der Waals surface area contributed by atoms with Crippen LogP contribution in [0.25, 0.3) is 33.4 Å². The van der Waals surface area contributed by atoms with Crippen molar-refractivity contribution < 1.29 is 18.9 Å². The lowest BCUT2D eigenvalue weighted by atomic mass is 9.96. The molecule has 0 spiro atoms. The molecule has 454 valence electrons. The summed E-state index contributed by atoms with van der Waals surface area (Å²) in [4.78, 5) is 21.5. The molecule has 2 aliphatic rings. The van der Waals surface area contributed by atoms with Crippen molar-refractivity contribution in [2.24, 2.45) is 20.0 Å². The number of hydrogen-bond acceptors (Lipinski definition) is 8. The van der Waals surface area contributed by atoms with E-state index in [1.807, 2.05) is 206 Å². The summed E-state index contributed by atoms with van der Waals surface area (Å²) in [5.41, 5.74) is 20.8. The summed E-state index contributed by atoms with van der Waals surface area (Å²) in [5, 5.41) is 0. The number of benzene rings is 14. The lowest BCUT2D eigenvalue weighted by Gasteiger charge is -2.18. The predicted molar refractivity (Wildman–Crippen MR) is 389 cm³/mol. The molecule has 0 saturated heterocycles. The second-order valence-corrected chi connectivity index (χ2v) is 23.2. The van der Waals surface area contributed by atoms with E-state index < -0.39 is 0 Å². The quantitative estimate of drug-likeness (QED) is 0.102. The molecule has 0 saturated carbocycles. The first-order valence-corrected chi connectivity index (χ1v) is 31.9. The van der Waals surface area contributed by atoms with Crippen molar-refractivity contribution in [1.29, 1.82) is 0 Å². The van der Waals surface area contributed by atoms with E-state index in [1.165, 1.54) is 11.1 Å². The number of rotatable bonds is 15. The number of nitrogens with zero attached hydrogens (tertiary/aromatic N) is 4. The van der Waals surface area contributed by atoms with Gasteiger partial charge < -0.3 is 18.9 Å². The Morgan fingerprint density at radius 3 is 0.490 bits per heavy atom. The Labute approximate surface area is 557 Å². The normalized spacial score (nSPS) is 12.2. The molecule has 0 aromatic heterocycles. The van der Waals surface area contributed by atoms with Crippen molar-refractivity contribution >= 4 is 45.6 Å².